The number of rotatable bonds is 3. The van der Waals surface area contributed by atoms with Gasteiger partial charge in [0.1, 0.15) is 12.2 Å². The summed E-state index contributed by atoms with van der Waals surface area (Å²) in [6, 6.07) is 0.141. The Morgan fingerprint density at radius 1 is 1.32 bits per heavy atom. The predicted molar refractivity (Wildman–Crippen MR) is 72.8 cm³/mol. The molecule has 1 unspecified atom stereocenters. The zero-order valence-corrected chi connectivity index (χ0v) is 12.3. The second kappa shape index (κ2) is 4.99. The Hall–Kier alpha value is -0.160. The largest absolute Gasteiger partial charge is 0.391 e. The van der Waals surface area contributed by atoms with E-state index in [0.717, 1.165) is 25.9 Å². The lowest BCUT2D eigenvalue weighted by atomic mass is 9.83. The van der Waals surface area contributed by atoms with Gasteiger partial charge in [0.2, 0.25) is 0 Å². The zero-order valence-electron chi connectivity index (χ0n) is 12.3. The number of fused-ring (bicyclic) bond motifs is 3. The predicted octanol–water partition coefficient (Wildman–Crippen LogP) is 1.76. The maximum absolute atomic E-state index is 10.7. The number of piperidine rings is 1. The number of hydrogen-bond acceptors (Lipinski definition) is 4. The smallest absolute Gasteiger partial charge is 0.163 e. The Balaban J connectivity index is 1.70. The van der Waals surface area contributed by atoms with Crippen LogP contribution in [-0.4, -0.2) is 53.2 Å². The van der Waals surface area contributed by atoms with Crippen molar-refractivity contribution < 1.29 is 14.6 Å². The highest BCUT2D eigenvalue weighted by Gasteiger charge is 2.56. The summed E-state index contributed by atoms with van der Waals surface area (Å²) >= 11 is 0. The molecule has 4 heteroatoms. The highest BCUT2D eigenvalue weighted by atomic mass is 16.8. The number of hydrogen-bond donors (Lipinski definition) is 1. The Bertz CT molecular complexity index is 333. The highest BCUT2D eigenvalue weighted by Crippen LogP contribution is 2.42. The maximum Gasteiger partial charge on any atom is 0.163 e. The first-order valence-electron chi connectivity index (χ1n) is 7.79. The Kier molecular flexibility index (Phi) is 3.63. The molecule has 4 nitrogen and oxygen atoms in total. The molecule has 110 valence electrons. The molecule has 0 spiro atoms. The van der Waals surface area contributed by atoms with Crippen molar-refractivity contribution in [1.29, 1.82) is 0 Å². The van der Waals surface area contributed by atoms with Gasteiger partial charge in [0, 0.05) is 6.54 Å². The van der Waals surface area contributed by atoms with Crippen molar-refractivity contribution in [3.05, 3.63) is 0 Å². The van der Waals surface area contributed by atoms with E-state index in [9.17, 15) is 5.11 Å². The molecule has 3 aliphatic rings. The highest BCUT2D eigenvalue weighted by molar-refractivity contribution is 5.06. The summed E-state index contributed by atoms with van der Waals surface area (Å²) in [5, 5.41) is 10.7. The Labute approximate surface area is 116 Å². The Morgan fingerprint density at radius 2 is 2.11 bits per heavy atom. The number of aliphatic hydroxyl groups excluding tert-OH is 1. The molecular formula is C15H27NO3. The van der Waals surface area contributed by atoms with Gasteiger partial charge in [-0.1, -0.05) is 19.8 Å². The van der Waals surface area contributed by atoms with Crippen molar-refractivity contribution in [1.82, 2.24) is 4.90 Å². The maximum atomic E-state index is 10.7. The van der Waals surface area contributed by atoms with Crippen LogP contribution in [0.1, 0.15) is 46.5 Å². The topological polar surface area (TPSA) is 41.9 Å². The summed E-state index contributed by atoms with van der Waals surface area (Å²) in [6.45, 7) is 8.15. The molecule has 3 rings (SSSR count). The first kappa shape index (κ1) is 13.8. The van der Waals surface area contributed by atoms with Crippen LogP contribution in [0, 0.1) is 5.92 Å². The zero-order chi connectivity index (χ0) is 13.6. The molecule has 0 aromatic rings. The van der Waals surface area contributed by atoms with Crippen LogP contribution in [0.25, 0.3) is 0 Å². The molecule has 3 heterocycles. The minimum atomic E-state index is -0.489. The van der Waals surface area contributed by atoms with Crippen molar-refractivity contribution in [2.75, 3.05) is 13.1 Å². The van der Waals surface area contributed by atoms with E-state index < -0.39 is 5.79 Å². The van der Waals surface area contributed by atoms with Gasteiger partial charge < -0.3 is 14.6 Å². The van der Waals surface area contributed by atoms with E-state index in [1.165, 1.54) is 12.8 Å². The molecule has 1 N–H and O–H groups in total. The van der Waals surface area contributed by atoms with Gasteiger partial charge in [-0.3, -0.25) is 4.90 Å². The standard InChI is InChI=1S/C15H27NO3/c1-4-5-6-10-7-8-16-9-11-14(12(16)13(10)17)19-15(2,3)18-11/h10-14,17H,4-9H2,1-3H3/t10-,11?,12+,13+,14-/m1/s1. The van der Waals surface area contributed by atoms with Crippen LogP contribution in [0.4, 0.5) is 0 Å². The fourth-order valence-electron chi connectivity index (χ4n) is 4.07. The van der Waals surface area contributed by atoms with Gasteiger partial charge in [-0.25, -0.2) is 0 Å². The lowest BCUT2D eigenvalue weighted by Crippen LogP contribution is -2.53. The number of aliphatic hydroxyl groups is 1. The van der Waals surface area contributed by atoms with Crippen LogP contribution in [-0.2, 0) is 9.47 Å². The monoisotopic (exact) mass is 269 g/mol. The summed E-state index contributed by atoms with van der Waals surface area (Å²) in [6.07, 6.45) is 4.60. The molecule has 0 aliphatic carbocycles. The molecule has 3 saturated heterocycles. The second-order valence-corrected chi connectivity index (χ2v) is 6.81. The minimum absolute atomic E-state index is 0.0504. The normalized spacial score (nSPS) is 45.2. The van der Waals surface area contributed by atoms with Crippen LogP contribution in [0.15, 0.2) is 0 Å². The number of ether oxygens (including phenoxy) is 2. The lowest BCUT2D eigenvalue weighted by molar-refractivity contribution is -0.173. The molecule has 0 aromatic carbocycles. The lowest BCUT2D eigenvalue weighted by Gasteiger charge is -2.41. The Morgan fingerprint density at radius 3 is 2.84 bits per heavy atom. The summed E-state index contributed by atoms with van der Waals surface area (Å²) in [4.78, 5) is 2.37. The minimum Gasteiger partial charge on any atom is -0.391 e. The van der Waals surface area contributed by atoms with Crippen LogP contribution < -0.4 is 0 Å². The third-order valence-electron chi connectivity index (χ3n) is 4.94. The molecular weight excluding hydrogens is 242 g/mol. The molecule has 0 aromatic heterocycles. The number of nitrogens with zero attached hydrogens (tertiary/aromatic N) is 1. The van der Waals surface area contributed by atoms with Gasteiger partial charge in [-0.15, -0.1) is 0 Å². The van der Waals surface area contributed by atoms with Gasteiger partial charge in [0.05, 0.1) is 12.1 Å². The first-order valence-corrected chi connectivity index (χ1v) is 7.79. The van der Waals surface area contributed by atoms with E-state index in [2.05, 4.69) is 11.8 Å². The summed E-state index contributed by atoms with van der Waals surface area (Å²) < 4.78 is 12.0. The van der Waals surface area contributed by atoms with Gasteiger partial charge in [0.15, 0.2) is 5.79 Å². The molecule has 0 saturated carbocycles. The molecule has 5 atom stereocenters. The number of unbranched alkanes of at least 4 members (excludes halogenated alkanes) is 1. The van der Waals surface area contributed by atoms with Gasteiger partial charge >= 0.3 is 0 Å². The fourth-order valence-corrected chi connectivity index (χ4v) is 4.07. The van der Waals surface area contributed by atoms with Crippen LogP contribution >= 0.6 is 0 Å². The van der Waals surface area contributed by atoms with Gasteiger partial charge in [-0.2, -0.15) is 0 Å². The van der Waals surface area contributed by atoms with Crippen molar-refractivity contribution in [2.45, 2.75) is 76.6 Å². The molecule has 0 amide bonds. The molecule has 0 bridgehead atoms. The first-order chi connectivity index (χ1) is 9.02. The van der Waals surface area contributed by atoms with Gasteiger partial charge in [-0.05, 0) is 39.2 Å². The van der Waals surface area contributed by atoms with E-state index in [1.807, 2.05) is 13.8 Å². The van der Waals surface area contributed by atoms with E-state index in [0.29, 0.717) is 5.92 Å². The third-order valence-corrected chi connectivity index (χ3v) is 4.94. The van der Waals surface area contributed by atoms with Gasteiger partial charge in [0.25, 0.3) is 0 Å². The molecule has 3 fully saturated rings. The van der Waals surface area contributed by atoms with E-state index in [4.69, 9.17) is 9.47 Å². The van der Waals surface area contributed by atoms with Crippen LogP contribution in [0.2, 0.25) is 0 Å². The third kappa shape index (κ3) is 2.44. The van der Waals surface area contributed by atoms with Crippen LogP contribution in [0.3, 0.4) is 0 Å². The quantitative estimate of drug-likeness (QED) is 0.848. The van der Waals surface area contributed by atoms with E-state index in [-0.39, 0.29) is 24.4 Å². The second-order valence-electron chi connectivity index (χ2n) is 6.81. The average Bonchev–Trinajstić information content (AvgIpc) is 2.80. The van der Waals surface area contributed by atoms with Crippen molar-refractivity contribution in [2.24, 2.45) is 5.92 Å². The van der Waals surface area contributed by atoms with Crippen molar-refractivity contribution >= 4 is 0 Å². The van der Waals surface area contributed by atoms with E-state index >= 15 is 0 Å². The SMILES string of the molecule is CCCC[C@@H]1CCN2CC3OC(C)(C)O[C@H]3[C@@H]2[C@H]1O. The summed E-state index contributed by atoms with van der Waals surface area (Å²) in [7, 11) is 0. The van der Waals surface area contributed by atoms with Crippen LogP contribution in [0.5, 0.6) is 0 Å². The summed E-state index contributed by atoms with van der Waals surface area (Å²) in [5.41, 5.74) is 0. The molecule has 3 aliphatic heterocycles. The molecule has 0 radical (unpaired) electrons. The van der Waals surface area contributed by atoms with Crippen molar-refractivity contribution in [3.8, 4) is 0 Å². The molecule has 19 heavy (non-hydrogen) atoms. The van der Waals surface area contributed by atoms with E-state index in [1.54, 1.807) is 0 Å². The van der Waals surface area contributed by atoms with Crippen molar-refractivity contribution in [3.63, 3.8) is 0 Å². The average molecular weight is 269 g/mol. The summed E-state index contributed by atoms with van der Waals surface area (Å²) in [5.74, 6) is -0.0513. The fraction of sp³-hybridized carbons (Fsp3) is 1.00.